The Balaban J connectivity index is 2.32. The van der Waals surface area contributed by atoms with Crippen LogP contribution >= 0.6 is 0 Å². The molecule has 0 aromatic rings. The van der Waals surface area contributed by atoms with Crippen molar-refractivity contribution in [2.75, 3.05) is 13.6 Å². The fourth-order valence-electron chi connectivity index (χ4n) is 1.78. The molecule has 1 amide bonds. The lowest BCUT2D eigenvalue weighted by Crippen LogP contribution is -2.32. The molecule has 1 unspecified atom stereocenters. The third-order valence-corrected chi connectivity index (χ3v) is 2.79. The Morgan fingerprint density at radius 3 is 2.64 bits per heavy atom. The van der Waals surface area contributed by atoms with Crippen molar-refractivity contribution in [1.82, 2.24) is 4.90 Å². The van der Waals surface area contributed by atoms with E-state index in [1.807, 2.05) is 7.05 Å². The summed E-state index contributed by atoms with van der Waals surface area (Å²) >= 11 is 0. The van der Waals surface area contributed by atoms with E-state index in [4.69, 9.17) is 0 Å². The molecule has 2 aliphatic rings. The van der Waals surface area contributed by atoms with Gasteiger partial charge in [0.25, 0.3) is 0 Å². The molecule has 14 heavy (non-hydrogen) atoms. The van der Waals surface area contributed by atoms with Gasteiger partial charge in [-0.15, -0.1) is 0 Å². The summed E-state index contributed by atoms with van der Waals surface area (Å²) in [5.74, 6) is 0.692. The SMILES string of the molecule is CC1C=CC2=C(C=C1)CN(C)C(=O)C2. The molecule has 0 aromatic heterocycles. The first-order chi connectivity index (χ1) is 6.66. The lowest BCUT2D eigenvalue weighted by Gasteiger charge is -2.24. The Hall–Kier alpha value is -1.31. The third kappa shape index (κ3) is 1.65. The van der Waals surface area contributed by atoms with Crippen molar-refractivity contribution >= 4 is 5.91 Å². The first kappa shape index (κ1) is 9.25. The minimum atomic E-state index is 0.219. The lowest BCUT2D eigenvalue weighted by molar-refractivity contribution is -0.129. The van der Waals surface area contributed by atoms with Gasteiger partial charge in [-0.1, -0.05) is 31.2 Å². The highest BCUT2D eigenvalue weighted by Crippen LogP contribution is 2.23. The van der Waals surface area contributed by atoms with Crippen molar-refractivity contribution in [3.05, 3.63) is 35.5 Å². The predicted octanol–water partition coefficient (Wildman–Crippen LogP) is 1.91. The molecule has 0 radical (unpaired) electrons. The third-order valence-electron chi connectivity index (χ3n) is 2.79. The Morgan fingerprint density at radius 1 is 1.29 bits per heavy atom. The number of amides is 1. The lowest BCUT2D eigenvalue weighted by atomic mass is 10.00. The minimum Gasteiger partial charge on any atom is -0.341 e. The molecule has 1 aliphatic carbocycles. The van der Waals surface area contributed by atoms with E-state index in [9.17, 15) is 4.79 Å². The number of nitrogens with zero attached hydrogens (tertiary/aromatic N) is 1. The quantitative estimate of drug-likeness (QED) is 0.570. The van der Waals surface area contributed by atoms with Gasteiger partial charge in [0, 0.05) is 13.6 Å². The van der Waals surface area contributed by atoms with Gasteiger partial charge in [0.05, 0.1) is 6.42 Å². The van der Waals surface area contributed by atoms with Crippen LogP contribution in [0.4, 0.5) is 0 Å². The molecule has 1 aliphatic heterocycles. The van der Waals surface area contributed by atoms with Crippen LogP contribution in [0.3, 0.4) is 0 Å². The summed E-state index contributed by atoms with van der Waals surface area (Å²) in [6.07, 6.45) is 9.15. The minimum absolute atomic E-state index is 0.219. The Kier molecular flexibility index (Phi) is 2.28. The molecule has 0 aromatic carbocycles. The largest absolute Gasteiger partial charge is 0.341 e. The number of allylic oxidation sites excluding steroid dienone is 3. The van der Waals surface area contributed by atoms with Crippen LogP contribution in [-0.4, -0.2) is 24.4 Å². The van der Waals surface area contributed by atoms with Gasteiger partial charge >= 0.3 is 0 Å². The smallest absolute Gasteiger partial charge is 0.227 e. The Bertz CT molecular complexity index is 349. The molecular weight excluding hydrogens is 174 g/mol. The molecule has 2 nitrogen and oxygen atoms in total. The molecule has 0 saturated heterocycles. The molecule has 2 heteroatoms. The molecular formula is C12H15NO. The zero-order valence-corrected chi connectivity index (χ0v) is 8.66. The number of likely N-dealkylation sites (N-methyl/N-ethyl adjacent to an activating group) is 1. The summed E-state index contributed by atoms with van der Waals surface area (Å²) in [5.41, 5.74) is 2.47. The number of hydrogen-bond donors (Lipinski definition) is 0. The molecule has 0 fully saturated rings. The second-order valence-electron chi connectivity index (χ2n) is 4.05. The van der Waals surface area contributed by atoms with E-state index in [-0.39, 0.29) is 5.91 Å². The Labute approximate surface area is 84.6 Å². The Morgan fingerprint density at radius 2 is 1.93 bits per heavy atom. The van der Waals surface area contributed by atoms with E-state index in [1.54, 1.807) is 4.90 Å². The maximum atomic E-state index is 11.5. The topological polar surface area (TPSA) is 20.3 Å². The van der Waals surface area contributed by atoms with Gasteiger partial charge in [-0.25, -0.2) is 0 Å². The number of carbonyl (C=O) groups excluding carboxylic acids is 1. The van der Waals surface area contributed by atoms with Gasteiger partial charge in [0.2, 0.25) is 5.91 Å². The van der Waals surface area contributed by atoms with Gasteiger partial charge in [0.15, 0.2) is 0 Å². The summed E-state index contributed by atoms with van der Waals surface area (Å²) in [6.45, 7) is 2.90. The first-order valence-corrected chi connectivity index (χ1v) is 4.99. The van der Waals surface area contributed by atoms with Crippen LogP contribution in [-0.2, 0) is 4.79 Å². The van der Waals surface area contributed by atoms with Crippen molar-refractivity contribution in [2.45, 2.75) is 13.3 Å². The fourth-order valence-corrected chi connectivity index (χ4v) is 1.78. The summed E-state index contributed by atoms with van der Waals surface area (Å²) in [4.78, 5) is 13.3. The molecule has 74 valence electrons. The summed E-state index contributed by atoms with van der Waals surface area (Å²) < 4.78 is 0. The second kappa shape index (κ2) is 3.45. The van der Waals surface area contributed by atoms with E-state index in [2.05, 4.69) is 31.2 Å². The van der Waals surface area contributed by atoms with Crippen molar-refractivity contribution < 1.29 is 4.79 Å². The monoisotopic (exact) mass is 189 g/mol. The number of carbonyl (C=O) groups is 1. The highest BCUT2D eigenvalue weighted by Gasteiger charge is 2.20. The van der Waals surface area contributed by atoms with Gasteiger partial charge in [-0.2, -0.15) is 0 Å². The van der Waals surface area contributed by atoms with Gasteiger partial charge in [-0.05, 0) is 17.1 Å². The van der Waals surface area contributed by atoms with Gasteiger partial charge in [0.1, 0.15) is 0 Å². The van der Waals surface area contributed by atoms with Gasteiger partial charge in [-0.3, -0.25) is 4.79 Å². The second-order valence-corrected chi connectivity index (χ2v) is 4.05. The van der Waals surface area contributed by atoms with Crippen LogP contribution in [0, 0.1) is 5.92 Å². The summed E-state index contributed by atoms with van der Waals surface area (Å²) in [5, 5.41) is 0. The van der Waals surface area contributed by atoms with E-state index in [1.165, 1.54) is 11.1 Å². The van der Waals surface area contributed by atoms with Crippen molar-refractivity contribution in [3.8, 4) is 0 Å². The first-order valence-electron chi connectivity index (χ1n) is 4.99. The highest BCUT2D eigenvalue weighted by atomic mass is 16.2. The fraction of sp³-hybridized carbons (Fsp3) is 0.417. The molecule has 0 spiro atoms. The number of rotatable bonds is 0. The van der Waals surface area contributed by atoms with Crippen molar-refractivity contribution in [1.29, 1.82) is 0 Å². The van der Waals surface area contributed by atoms with Gasteiger partial charge < -0.3 is 4.90 Å². The normalized spacial score (nSPS) is 26.6. The zero-order valence-electron chi connectivity index (χ0n) is 8.66. The highest BCUT2D eigenvalue weighted by molar-refractivity contribution is 5.81. The van der Waals surface area contributed by atoms with Crippen LogP contribution in [0.5, 0.6) is 0 Å². The molecule has 2 rings (SSSR count). The van der Waals surface area contributed by atoms with E-state index in [0.29, 0.717) is 12.3 Å². The summed E-state index contributed by atoms with van der Waals surface area (Å²) in [7, 11) is 1.86. The predicted molar refractivity (Wildman–Crippen MR) is 56.7 cm³/mol. The maximum Gasteiger partial charge on any atom is 0.227 e. The van der Waals surface area contributed by atoms with E-state index in [0.717, 1.165) is 6.54 Å². The van der Waals surface area contributed by atoms with E-state index >= 15 is 0 Å². The molecule has 0 bridgehead atoms. The van der Waals surface area contributed by atoms with Crippen LogP contribution in [0.1, 0.15) is 13.3 Å². The van der Waals surface area contributed by atoms with Crippen molar-refractivity contribution in [3.63, 3.8) is 0 Å². The summed E-state index contributed by atoms with van der Waals surface area (Å²) in [6, 6.07) is 0. The molecule has 0 saturated carbocycles. The maximum absolute atomic E-state index is 11.5. The van der Waals surface area contributed by atoms with Crippen LogP contribution in [0.25, 0.3) is 0 Å². The molecule has 0 N–H and O–H groups in total. The molecule has 1 atom stereocenters. The van der Waals surface area contributed by atoms with Crippen LogP contribution < -0.4 is 0 Å². The van der Waals surface area contributed by atoms with Crippen LogP contribution in [0.2, 0.25) is 0 Å². The standard InChI is InChI=1S/C12H15NO/c1-9-3-5-10-7-12(14)13(2)8-11(10)6-4-9/h3-6,9H,7-8H2,1-2H3. The molecule has 1 heterocycles. The van der Waals surface area contributed by atoms with E-state index < -0.39 is 0 Å². The zero-order chi connectivity index (χ0) is 10.1. The number of hydrogen-bond acceptors (Lipinski definition) is 1. The van der Waals surface area contributed by atoms with Crippen molar-refractivity contribution in [2.24, 2.45) is 5.92 Å². The average molecular weight is 189 g/mol. The average Bonchev–Trinajstić information content (AvgIpc) is 2.31. The van der Waals surface area contributed by atoms with Crippen LogP contribution in [0.15, 0.2) is 35.5 Å².